The molecule has 1 atom stereocenters. The van der Waals surface area contributed by atoms with Gasteiger partial charge >= 0.3 is 6.09 Å². The van der Waals surface area contributed by atoms with Crippen molar-refractivity contribution in [2.45, 2.75) is 45.3 Å². The Morgan fingerprint density at radius 3 is 2.43 bits per heavy atom. The maximum Gasteiger partial charge on any atom is 0.408 e. The number of hydrogen-bond acceptors (Lipinski definition) is 4. The van der Waals surface area contributed by atoms with E-state index in [2.05, 4.69) is 10.6 Å². The number of benzene rings is 1. The molecule has 0 spiro atoms. The fourth-order valence-corrected chi connectivity index (χ4v) is 1.92. The van der Waals surface area contributed by atoms with Crippen molar-refractivity contribution in [1.29, 1.82) is 0 Å². The molecular formula is C17H26N2O4. The fourth-order valence-electron chi connectivity index (χ4n) is 1.92. The Balaban J connectivity index is 2.32. The van der Waals surface area contributed by atoms with E-state index in [4.69, 9.17) is 4.74 Å². The van der Waals surface area contributed by atoms with Crippen LogP contribution < -0.4 is 10.6 Å². The molecule has 0 saturated heterocycles. The van der Waals surface area contributed by atoms with Gasteiger partial charge in [-0.25, -0.2) is 4.79 Å². The van der Waals surface area contributed by atoms with Crippen LogP contribution in [0.3, 0.4) is 0 Å². The molecule has 0 radical (unpaired) electrons. The highest BCUT2D eigenvalue weighted by Crippen LogP contribution is 2.06. The monoisotopic (exact) mass is 322 g/mol. The predicted molar refractivity (Wildman–Crippen MR) is 88.0 cm³/mol. The summed E-state index contributed by atoms with van der Waals surface area (Å²) in [4.78, 5) is 23.6. The molecule has 3 N–H and O–H groups in total. The average molecular weight is 322 g/mol. The van der Waals surface area contributed by atoms with E-state index in [-0.39, 0.29) is 0 Å². The van der Waals surface area contributed by atoms with E-state index in [1.807, 2.05) is 30.3 Å². The molecule has 1 aromatic rings. The zero-order chi connectivity index (χ0) is 17.3. The van der Waals surface area contributed by atoms with Crippen molar-refractivity contribution in [3.8, 4) is 0 Å². The molecule has 1 rings (SSSR count). The van der Waals surface area contributed by atoms with Crippen molar-refractivity contribution in [2.24, 2.45) is 0 Å². The van der Waals surface area contributed by atoms with Crippen molar-refractivity contribution >= 4 is 12.0 Å². The van der Waals surface area contributed by atoms with Gasteiger partial charge in [0, 0.05) is 6.54 Å². The second kappa shape index (κ2) is 9.15. The molecule has 0 unspecified atom stereocenters. The molecule has 0 aliphatic carbocycles. The SMILES string of the molecule is CC(C)(C)OC(=O)N[C@H](CO)C(=O)NCCCc1ccccc1. The maximum atomic E-state index is 11.9. The highest BCUT2D eigenvalue weighted by atomic mass is 16.6. The predicted octanol–water partition coefficient (Wildman–Crippen LogP) is 1.62. The molecule has 1 aromatic carbocycles. The summed E-state index contributed by atoms with van der Waals surface area (Å²) in [5.74, 6) is -0.425. The fraction of sp³-hybridized carbons (Fsp3) is 0.529. The molecule has 0 saturated carbocycles. The summed E-state index contributed by atoms with van der Waals surface area (Å²) in [6.45, 7) is 5.17. The van der Waals surface area contributed by atoms with Gasteiger partial charge in [0.15, 0.2) is 0 Å². The van der Waals surface area contributed by atoms with Crippen LogP contribution in [0.1, 0.15) is 32.8 Å². The van der Waals surface area contributed by atoms with E-state index in [1.165, 1.54) is 5.56 Å². The number of nitrogens with one attached hydrogen (secondary N) is 2. The first kappa shape index (κ1) is 19.0. The van der Waals surface area contributed by atoms with Gasteiger partial charge in [-0.2, -0.15) is 0 Å². The summed E-state index contributed by atoms with van der Waals surface area (Å²) in [7, 11) is 0. The summed E-state index contributed by atoms with van der Waals surface area (Å²) in [6.07, 6.45) is 0.904. The topological polar surface area (TPSA) is 87.7 Å². The van der Waals surface area contributed by atoms with Crippen LogP contribution >= 0.6 is 0 Å². The largest absolute Gasteiger partial charge is 0.444 e. The van der Waals surface area contributed by atoms with Gasteiger partial charge in [-0.05, 0) is 39.2 Å². The lowest BCUT2D eigenvalue weighted by Crippen LogP contribution is -2.50. The summed E-state index contributed by atoms with van der Waals surface area (Å²) < 4.78 is 5.06. The highest BCUT2D eigenvalue weighted by Gasteiger charge is 2.23. The summed E-state index contributed by atoms with van der Waals surface area (Å²) in [5.41, 5.74) is 0.545. The molecule has 2 amide bonds. The Kier molecular flexibility index (Phi) is 7.54. The number of aliphatic hydroxyl groups is 1. The highest BCUT2D eigenvalue weighted by molar-refractivity contribution is 5.85. The van der Waals surface area contributed by atoms with Crippen molar-refractivity contribution in [3.63, 3.8) is 0 Å². The average Bonchev–Trinajstić information content (AvgIpc) is 2.48. The Morgan fingerprint density at radius 2 is 1.87 bits per heavy atom. The molecule has 0 bridgehead atoms. The van der Waals surface area contributed by atoms with Crippen LogP contribution in [0.25, 0.3) is 0 Å². The van der Waals surface area contributed by atoms with Gasteiger partial charge in [0.05, 0.1) is 6.61 Å². The number of alkyl carbamates (subject to hydrolysis) is 1. The zero-order valence-electron chi connectivity index (χ0n) is 14.0. The Morgan fingerprint density at radius 1 is 1.22 bits per heavy atom. The van der Waals surface area contributed by atoms with Crippen molar-refractivity contribution in [2.75, 3.05) is 13.2 Å². The minimum atomic E-state index is -1.01. The van der Waals surface area contributed by atoms with Crippen LogP contribution in [-0.4, -0.2) is 41.9 Å². The quantitative estimate of drug-likeness (QED) is 0.666. The number of rotatable bonds is 7. The van der Waals surface area contributed by atoms with Crippen LogP contribution in [0, 0.1) is 0 Å². The summed E-state index contributed by atoms with van der Waals surface area (Å²) in [6, 6.07) is 8.95. The molecule has 23 heavy (non-hydrogen) atoms. The zero-order valence-corrected chi connectivity index (χ0v) is 14.0. The molecule has 6 heteroatoms. The first-order chi connectivity index (χ1) is 10.8. The second-order valence-electron chi connectivity index (χ2n) is 6.26. The van der Waals surface area contributed by atoms with Crippen LogP contribution in [0.2, 0.25) is 0 Å². The van der Waals surface area contributed by atoms with E-state index in [0.717, 1.165) is 12.8 Å². The van der Waals surface area contributed by atoms with Gasteiger partial charge < -0.3 is 20.5 Å². The lowest BCUT2D eigenvalue weighted by Gasteiger charge is -2.22. The summed E-state index contributed by atoms with van der Waals surface area (Å²) in [5, 5.41) is 14.3. The summed E-state index contributed by atoms with van der Waals surface area (Å²) >= 11 is 0. The first-order valence-corrected chi connectivity index (χ1v) is 7.74. The number of carbonyl (C=O) groups excluding carboxylic acids is 2. The van der Waals surface area contributed by atoms with Gasteiger partial charge in [-0.1, -0.05) is 30.3 Å². The van der Waals surface area contributed by atoms with Crippen molar-refractivity contribution in [3.05, 3.63) is 35.9 Å². The van der Waals surface area contributed by atoms with Crippen LogP contribution in [0.5, 0.6) is 0 Å². The number of aliphatic hydroxyl groups excluding tert-OH is 1. The minimum absolute atomic E-state index is 0.425. The smallest absolute Gasteiger partial charge is 0.408 e. The second-order valence-corrected chi connectivity index (χ2v) is 6.26. The third-order valence-corrected chi connectivity index (χ3v) is 2.97. The van der Waals surface area contributed by atoms with Crippen molar-refractivity contribution in [1.82, 2.24) is 10.6 Å². The standard InChI is InChI=1S/C17H26N2O4/c1-17(2,3)23-16(22)19-14(12-20)15(21)18-11-7-10-13-8-5-4-6-9-13/h4-6,8-9,14,20H,7,10-12H2,1-3H3,(H,18,21)(H,19,22)/t14-/m1/s1. The van der Waals surface area contributed by atoms with Gasteiger partial charge in [-0.15, -0.1) is 0 Å². The number of hydrogen-bond donors (Lipinski definition) is 3. The minimum Gasteiger partial charge on any atom is -0.444 e. The van der Waals surface area contributed by atoms with Crippen LogP contribution in [0.4, 0.5) is 4.79 Å². The van der Waals surface area contributed by atoms with E-state index in [1.54, 1.807) is 20.8 Å². The molecular weight excluding hydrogens is 296 g/mol. The number of ether oxygens (including phenoxy) is 1. The van der Waals surface area contributed by atoms with Gasteiger partial charge in [-0.3, -0.25) is 4.79 Å². The van der Waals surface area contributed by atoms with Crippen molar-refractivity contribution < 1.29 is 19.4 Å². The van der Waals surface area contributed by atoms with Gasteiger partial charge in [0.2, 0.25) is 5.91 Å². The Bertz CT molecular complexity index is 497. The molecule has 0 aromatic heterocycles. The molecule has 0 aliphatic rings. The number of aryl methyl sites for hydroxylation is 1. The van der Waals surface area contributed by atoms with Gasteiger partial charge in [0.1, 0.15) is 11.6 Å². The first-order valence-electron chi connectivity index (χ1n) is 7.74. The molecule has 6 nitrogen and oxygen atoms in total. The third kappa shape index (κ3) is 8.21. The lowest BCUT2D eigenvalue weighted by molar-refractivity contribution is -0.124. The molecule has 0 aliphatic heterocycles. The van der Waals surface area contributed by atoms with Gasteiger partial charge in [0.25, 0.3) is 0 Å². The Hall–Kier alpha value is -2.08. The maximum absolute atomic E-state index is 11.9. The van der Waals surface area contributed by atoms with E-state index >= 15 is 0 Å². The normalized spacial score (nSPS) is 12.3. The molecule has 128 valence electrons. The molecule has 0 heterocycles. The van der Waals surface area contributed by atoms with E-state index in [9.17, 15) is 14.7 Å². The van der Waals surface area contributed by atoms with Crippen LogP contribution in [-0.2, 0) is 16.0 Å². The number of carbonyl (C=O) groups is 2. The Labute approximate surface area is 137 Å². The molecule has 0 fully saturated rings. The van der Waals surface area contributed by atoms with E-state index < -0.39 is 30.3 Å². The number of amides is 2. The van der Waals surface area contributed by atoms with Crippen LogP contribution in [0.15, 0.2) is 30.3 Å². The van der Waals surface area contributed by atoms with E-state index in [0.29, 0.717) is 6.54 Å². The lowest BCUT2D eigenvalue weighted by atomic mass is 10.1. The third-order valence-electron chi connectivity index (χ3n) is 2.97.